The normalized spacial score (nSPS) is 11.4. The van der Waals surface area contributed by atoms with Crippen molar-refractivity contribution < 1.29 is 13.2 Å². The van der Waals surface area contributed by atoms with Crippen LogP contribution in [-0.4, -0.2) is 33.2 Å². The van der Waals surface area contributed by atoms with E-state index in [1.165, 1.54) is 6.92 Å². The molecule has 0 heterocycles. The molecule has 2 aromatic carbocycles. The first-order valence-electron chi connectivity index (χ1n) is 9.22. The molecule has 0 radical (unpaired) electrons. The lowest BCUT2D eigenvalue weighted by Gasteiger charge is -2.26. The highest BCUT2D eigenvalue weighted by Gasteiger charge is 2.18. The summed E-state index contributed by atoms with van der Waals surface area (Å²) in [5.74, 6) is -0.0655. The summed E-state index contributed by atoms with van der Waals surface area (Å²) in [5.41, 5.74) is 3.96. The van der Waals surface area contributed by atoms with Gasteiger partial charge in [0.1, 0.15) is 0 Å². The Bertz CT molecular complexity index is 864. The van der Waals surface area contributed by atoms with Gasteiger partial charge in [0, 0.05) is 25.7 Å². The summed E-state index contributed by atoms with van der Waals surface area (Å²) in [5, 5.41) is 0. The van der Waals surface area contributed by atoms with Crippen molar-refractivity contribution in [2.75, 3.05) is 23.7 Å². The van der Waals surface area contributed by atoms with E-state index in [1.54, 1.807) is 4.90 Å². The Morgan fingerprint density at radius 2 is 1.78 bits per heavy atom. The summed E-state index contributed by atoms with van der Waals surface area (Å²) >= 11 is 0. The van der Waals surface area contributed by atoms with E-state index in [0.29, 0.717) is 13.0 Å². The molecule has 1 N–H and O–H groups in total. The largest absolute Gasteiger partial charge is 0.311 e. The minimum atomic E-state index is -3.40. The van der Waals surface area contributed by atoms with E-state index in [4.69, 9.17) is 0 Å². The second kappa shape index (κ2) is 9.67. The molecule has 6 heteroatoms. The maximum atomic E-state index is 12.3. The van der Waals surface area contributed by atoms with Crippen LogP contribution in [0.5, 0.6) is 0 Å². The van der Waals surface area contributed by atoms with Crippen molar-refractivity contribution in [3.63, 3.8) is 0 Å². The molecule has 0 aliphatic heterocycles. The number of benzene rings is 2. The maximum absolute atomic E-state index is 12.3. The molecule has 27 heavy (non-hydrogen) atoms. The van der Waals surface area contributed by atoms with Crippen LogP contribution in [0.3, 0.4) is 0 Å². The lowest BCUT2D eigenvalue weighted by Crippen LogP contribution is -2.39. The Balaban J connectivity index is 1.99. The average Bonchev–Trinajstić information content (AvgIpc) is 2.64. The zero-order valence-corrected chi connectivity index (χ0v) is 17.1. The van der Waals surface area contributed by atoms with Gasteiger partial charge in [0.2, 0.25) is 15.9 Å². The Morgan fingerprint density at radius 3 is 2.41 bits per heavy atom. The smallest absolute Gasteiger partial charge is 0.223 e. The predicted octanol–water partition coefficient (Wildman–Crippen LogP) is 3.07. The molecule has 0 aliphatic carbocycles. The first kappa shape index (κ1) is 21.1. The molecular formula is C21H28N2O3S. The fourth-order valence-electron chi connectivity index (χ4n) is 3.10. The molecule has 0 bridgehead atoms. The van der Waals surface area contributed by atoms with Gasteiger partial charge in [-0.15, -0.1) is 0 Å². The van der Waals surface area contributed by atoms with Crippen LogP contribution in [0, 0.1) is 6.92 Å². The molecule has 0 saturated heterocycles. The molecule has 1 amide bonds. The second-order valence-corrected chi connectivity index (χ2v) is 8.48. The highest BCUT2D eigenvalue weighted by molar-refractivity contribution is 7.89. The first-order chi connectivity index (χ1) is 12.8. The molecule has 0 atom stereocenters. The van der Waals surface area contributed by atoms with Crippen LogP contribution in [0.1, 0.15) is 30.5 Å². The minimum Gasteiger partial charge on any atom is -0.311 e. The van der Waals surface area contributed by atoms with Crippen molar-refractivity contribution in [1.29, 1.82) is 0 Å². The summed E-state index contributed by atoms with van der Waals surface area (Å²) in [7, 11) is -3.40. The van der Waals surface area contributed by atoms with E-state index in [-0.39, 0.29) is 18.2 Å². The quantitative estimate of drug-likeness (QED) is 0.718. The van der Waals surface area contributed by atoms with Gasteiger partial charge in [0.15, 0.2) is 0 Å². The lowest BCUT2D eigenvalue weighted by molar-refractivity contribution is -0.116. The highest BCUT2D eigenvalue weighted by atomic mass is 32.2. The van der Waals surface area contributed by atoms with Crippen molar-refractivity contribution in [2.45, 2.75) is 33.6 Å². The number of aryl methyl sites for hydroxylation is 3. The fraction of sp³-hybridized carbons (Fsp3) is 0.381. The summed E-state index contributed by atoms with van der Waals surface area (Å²) < 4.78 is 27.2. The third-order valence-electron chi connectivity index (χ3n) is 4.51. The topological polar surface area (TPSA) is 66.5 Å². The SMILES string of the molecule is CCc1cccc(C)c1N(CCNS(=O)(=O)CCc1ccccc1)C(C)=O. The number of amides is 1. The maximum Gasteiger partial charge on any atom is 0.223 e. The third kappa shape index (κ3) is 6.19. The summed E-state index contributed by atoms with van der Waals surface area (Å²) in [6.45, 7) is 6.01. The van der Waals surface area contributed by atoms with E-state index in [0.717, 1.165) is 28.8 Å². The van der Waals surface area contributed by atoms with Crippen molar-refractivity contribution >= 4 is 21.6 Å². The van der Waals surface area contributed by atoms with Crippen LogP contribution >= 0.6 is 0 Å². The van der Waals surface area contributed by atoms with Gasteiger partial charge in [0.05, 0.1) is 5.75 Å². The average molecular weight is 389 g/mol. The fourth-order valence-corrected chi connectivity index (χ4v) is 4.15. The molecule has 0 aromatic heterocycles. The molecule has 0 spiro atoms. The summed E-state index contributed by atoms with van der Waals surface area (Å²) in [6, 6.07) is 15.5. The number of nitrogens with zero attached hydrogens (tertiary/aromatic N) is 1. The van der Waals surface area contributed by atoms with Gasteiger partial charge in [-0.05, 0) is 36.5 Å². The minimum absolute atomic E-state index is 0.0294. The van der Waals surface area contributed by atoms with E-state index in [2.05, 4.69) is 4.72 Å². The van der Waals surface area contributed by atoms with Gasteiger partial charge in [-0.2, -0.15) is 0 Å². The molecule has 0 saturated carbocycles. The van der Waals surface area contributed by atoms with Gasteiger partial charge < -0.3 is 4.90 Å². The Morgan fingerprint density at radius 1 is 1.07 bits per heavy atom. The number of sulfonamides is 1. The lowest BCUT2D eigenvalue weighted by atomic mass is 10.0. The Labute approximate surface area is 162 Å². The van der Waals surface area contributed by atoms with Gasteiger partial charge in [-0.3, -0.25) is 4.79 Å². The van der Waals surface area contributed by atoms with Crippen molar-refractivity contribution in [1.82, 2.24) is 4.72 Å². The number of hydrogen-bond donors (Lipinski definition) is 1. The van der Waals surface area contributed by atoms with E-state index < -0.39 is 10.0 Å². The van der Waals surface area contributed by atoms with Gasteiger partial charge in [-0.1, -0.05) is 55.5 Å². The Kier molecular flexibility index (Phi) is 7.56. The van der Waals surface area contributed by atoms with E-state index in [1.807, 2.05) is 62.4 Å². The number of carbonyl (C=O) groups is 1. The van der Waals surface area contributed by atoms with Gasteiger partial charge >= 0.3 is 0 Å². The highest BCUT2D eigenvalue weighted by Crippen LogP contribution is 2.25. The number of hydrogen-bond acceptors (Lipinski definition) is 3. The standard InChI is InChI=1S/C21H28N2O3S/c1-4-20-12-8-9-17(2)21(20)23(18(3)24)15-14-22-27(25,26)16-13-19-10-6-5-7-11-19/h5-12,22H,4,13-16H2,1-3H3. The molecule has 0 fully saturated rings. The van der Waals surface area contributed by atoms with Crippen LogP contribution in [-0.2, 0) is 27.7 Å². The van der Waals surface area contributed by atoms with Crippen molar-refractivity contribution in [2.24, 2.45) is 0 Å². The van der Waals surface area contributed by atoms with Crippen LogP contribution in [0.15, 0.2) is 48.5 Å². The molecular weight excluding hydrogens is 360 g/mol. The molecule has 0 aliphatic rings. The zero-order chi connectivity index (χ0) is 19.9. The molecule has 146 valence electrons. The van der Waals surface area contributed by atoms with Crippen LogP contribution in [0.25, 0.3) is 0 Å². The molecule has 2 aromatic rings. The molecule has 5 nitrogen and oxygen atoms in total. The van der Waals surface area contributed by atoms with Crippen molar-refractivity contribution in [3.05, 3.63) is 65.2 Å². The monoisotopic (exact) mass is 388 g/mol. The van der Waals surface area contributed by atoms with Crippen LogP contribution in [0.4, 0.5) is 5.69 Å². The van der Waals surface area contributed by atoms with Gasteiger partial charge in [-0.25, -0.2) is 13.1 Å². The number of nitrogens with one attached hydrogen (secondary N) is 1. The van der Waals surface area contributed by atoms with Crippen molar-refractivity contribution in [3.8, 4) is 0 Å². The number of rotatable bonds is 9. The zero-order valence-electron chi connectivity index (χ0n) is 16.2. The number of anilines is 1. The summed E-state index contributed by atoms with van der Waals surface area (Å²) in [4.78, 5) is 13.8. The molecule has 2 rings (SSSR count). The van der Waals surface area contributed by atoms with E-state index in [9.17, 15) is 13.2 Å². The predicted molar refractivity (Wildman–Crippen MR) is 111 cm³/mol. The van der Waals surface area contributed by atoms with E-state index >= 15 is 0 Å². The van der Waals surface area contributed by atoms with Gasteiger partial charge in [0.25, 0.3) is 0 Å². The number of carbonyl (C=O) groups excluding carboxylic acids is 1. The Hall–Kier alpha value is -2.18. The first-order valence-corrected chi connectivity index (χ1v) is 10.9. The van der Waals surface area contributed by atoms with Crippen LogP contribution < -0.4 is 9.62 Å². The molecule has 0 unspecified atom stereocenters. The second-order valence-electron chi connectivity index (χ2n) is 6.56. The van der Waals surface area contributed by atoms with Crippen LogP contribution in [0.2, 0.25) is 0 Å². The third-order valence-corrected chi connectivity index (χ3v) is 5.90. The summed E-state index contributed by atoms with van der Waals surface area (Å²) in [6.07, 6.45) is 1.27. The number of para-hydroxylation sites is 1.